The highest BCUT2D eigenvalue weighted by Crippen LogP contribution is 2.16. The molecule has 5 nitrogen and oxygen atoms in total. The zero-order valence-corrected chi connectivity index (χ0v) is 10.3. The molecule has 0 bridgehead atoms. The second-order valence-corrected chi connectivity index (χ2v) is 4.23. The summed E-state index contributed by atoms with van der Waals surface area (Å²) < 4.78 is 0. The van der Waals surface area contributed by atoms with E-state index in [-0.39, 0.29) is 23.5 Å². The van der Waals surface area contributed by atoms with E-state index in [1.54, 1.807) is 0 Å². The molecule has 0 aliphatic rings. The van der Waals surface area contributed by atoms with E-state index in [2.05, 4.69) is 0 Å². The van der Waals surface area contributed by atoms with Gasteiger partial charge in [0.1, 0.15) is 0 Å². The minimum atomic E-state index is -0.670. The molecule has 0 heterocycles. The standard InChI is InChI=1S/C13H17NO4/c1-2-3-7-12(15)9-13(16)10-5-4-6-11(8-10)14(17)18/h4-6,8,12,15H,2-3,7,9H2,1H3/t12-/m0/s1. The largest absolute Gasteiger partial charge is 0.393 e. The van der Waals surface area contributed by atoms with Gasteiger partial charge in [-0.3, -0.25) is 14.9 Å². The van der Waals surface area contributed by atoms with E-state index in [0.29, 0.717) is 6.42 Å². The molecule has 0 aromatic heterocycles. The number of nitro groups is 1. The molecule has 0 saturated heterocycles. The molecule has 0 unspecified atom stereocenters. The Kier molecular flexibility index (Phi) is 5.45. The van der Waals surface area contributed by atoms with Gasteiger partial charge in [-0.05, 0) is 6.42 Å². The van der Waals surface area contributed by atoms with Crippen molar-refractivity contribution in [2.24, 2.45) is 0 Å². The molecule has 1 aromatic rings. The van der Waals surface area contributed by atoms with E-state index in [9.17, 15) is 20.0 Å². The van der Waals surface area contributed by atoms with Crippen molar-refractivity contribution in [2.45, 2.75) is 38.7 Å². The van der Waals surface area contributed by atoms with Crippen molar-refractivity contribution in [2.75, 3.05) is 0 Å². The molecular weight excluding hydrogens is 234 g/mol. The van der Waals surface area contributed by atoms with Gasteiger partial charge in [0, 0.05) is 24.1 Å². The Morgan fingerprint density at radius 2 is 2.22 bits per heavy atom. The van der Waals surface area contributed by atoms with Gasteiger partial charge in [0.15, 0.2) is 5.78 Å². The number of Topliss-reactive ketones (excluding diaryl/α,β-unsaturated/α-hetero) is 1. The number of unbranched alkanes of at least 4 members (excludes halogenated alkanes) is 1. The first-order chi connectivity index (χ1) is 8.54. The summed E-state index contributed by atoms with van der Waals surface area (Å²) in [5.74, 6) is -0.262. The maximum Gasteiger partial charge on any atom is 0.270 e. The number of nitrogens with zero attached hydrogens (tertiary/aromatic N) is 1. The number of benzene rings is 1. The third-order valence-corrected chi connectivity index (χ3v) is 2.69. The number of hydrogen-bond acceptors (Lipinski definition) is 4. The number of aliphatic hydroxyl groups excluding tert-OH is 1. The van der Waals surface area contributed by atoms with Crippen molar-refractivity contribution in [3.05, 3.63) is 39.9 Å². The van der Waals surface area contributed by atoms with Gasteiger partial charge in [-0.1, -0.05) is 31.9 Å². The smallest absolute Gasteiger partial charge is 0.270 e. The Morgan fingerprint density at radius 1 is 1.50 bits per heavy atom. The second-order valence-electron chi connectivity index (χ2n) is 4.23. The van der Waals surface area contributed by atoms with Crippen LogP contribution in [0.25, 0.3) is 0 Å². The fraction of sp³-hybridized carbons (Fsp3) is 0.462. The zero-order chi connectivity index (χ0) is 13.5. The second kappa shape index (κ2) is 6.86. The summed E-state index contributed by atoms with van der Waals surface area (Å²) in [7, 11) is 0. The lowest BCUT2D eigenvalue weighted by molar-refractivity contribution is -0.384. The number of aliphatic hydroxyl groups is 1. The van der Waals surface area contributed by atoms with Crippen LogP contribution >= 0.6 is 0 Å². The van der Waals surface area contributed by atoms with Gasteiger partial charge in [0.05, 0.1) is 11.0 Å². The van der Waals surface area contributed by atoms with Crippen LogP contribution in [-0.2, 0) is 0 Å². The van der Waals surface area contributed by atoms with E-state index in [0.717, 1.165) is 12.8 Å². The van der Waals surface area contributed by atoms with Gasteiger partial charge >= 0.3 is 0 Å². The number of hydrogen-bond donors (Lipinski definition) is 1. The third kappa shape index (κ3) is 4.25. The highest BCUT2D eigenvalue weighted by atomic mass is 16.6. The maximum atomic E-state index is 11.8. The molecule has 0 aliphatic carbocycles. The SMILES string of the molecule is CCCC[C@H](O)CC(=O)c1cccc([N+](=O)[O-])c1. The zero-order valence-electron chi connectivity index (χ0n) is 10.3. The number of rotatable bonds is 7. The van der Waals surface area contributed by atoms with Crippen molar-refractivity contribution < 1.29 is 14.8 Å². The first-order valence-corrected chi connectivity index (χ1v) is 6.00. The summed E-state index contributed by atoms with van der Waals surface area (Å²) in [6, 6.07) is 5.59. The van der Waals surface area contributed by atoms with Crippen LogP contribution in [-0.4, -0.2) is 21.9 Å². The highest BCUT2D eigenvalue weighted by molar-refractivity contribution is 5.96. The minimum Gasteiger partial charge on any atom is -0.393 e. The van der Waals surface area contributed by atoms with Gasteiger partial charge in [0.25, 0.3) is 5.69 Å². The number of nitro benzene ring substituents is 1. The van der Waals surface area contributed by atoms with E-state index in [4.69, 9.17) is 0 Å². The molecular formula is C13H17NO4. The Balaban J connectivity index is 2.66. The third-order valence-electron chi connectivity index (χ3n) is 2.69. The lowest BCUT2D eigenvalue weighted by Crippen LogP contribution is -2.13. The quantitative estimate of drug-likeness (QED) is 0.459. The molecule has 0 aliphatic heterocycles. The summed E-state index contributed by atoms with van der Waals surface area (Å²) in [6.07, 6.45) is 1.75. The fourth-order valence-corrected chi connectivity index (χ4v) is 1.67. The predicted molar refractivity (Wildman–Crippen MR) is 67.6 cm³/mol. The van der Waals surface area contributed by atoms with Crippen molar-refractivity contribution in [3.8, 4) is 0 Å². The summed E-state index contributed by atoms with van der Waals surface area (Å²) in [5.41, 5.74) is 0.170. The van der Waals surface area contributed by atoms with Gasteiger partial charge in [-0.2, -0.15) is 0 Å². The summed E-state index contributed by atoms with van der Waals surface area (Å²) in [4.78, 5) is 21.9. The Hall–Kier alpha value is -1.75. The van der Waals surface area contributed by atoms with Crippen LogP contribution in [0, 0.1) is 10.1 Å². The van der Waals surface area contributed by atoms with Gasteiger partial charge in [-0.25, -0.2) is 0 Å². The maximum absolute atomic E-state index is 11.8. The van der Waals surface area contributed by atoms with E-state index in [1.807, 2.05) is 6.92 Å². The first kappa shape index (κ1) is 14.3. The van der Waals surface area contributed by atoms with Crippen molar-refractivity contribution in [3.63, 3.8) is 0 Å². The topological polar surface area (TPSA) is 80.4 Å². The fourth-order valence-electron chi connectivity index (χ4n) is 1.67. The molecule has 1 rings (SSSR count). The van der Waals surface area contributed by atoms with Crippen LogP contribution in [0.5, 0.6) is 0 Å². The Bertz CT molecular complexity index is 431. The molecule has 0 fully saturated rings. The summed E-state index contributed by atoms with van der Waals surface area (Å²) >= 11 is 0. The molecule has 0 spiro atoms. The van der Waals surface area contributed by atoms with Crippen molar-refractivity contribution in [1.29, 1.82) is 0 Å². The highest BCUT2D eigenvalue weighted by Gasteiger charge is 2.15. The van der Waals surface area contributed by atoms with E-state index in [1.165, 1.54) is 24.3 Å². The van der Waals surface area contributed by atoms with Crippen LogP contribution in [0.3, 0.4) is 0 Å². The normalized spacial score (nSPS) is 12.1. The lowest BCUT2D eigenvalue weighted by Gasteiger charge is -2.08. The van der Waals surface area contributed by atoms with Crippen molar-refractivity contribution in [1.82, 2.24) is 0 Å². The van der Waals surface area contributed by atoms with Crippen molar-refractivity contribution >= 4 is 11.5 Å². The lowest BCUT2D eigenvalue weighted by atomic mass is 10.0. The number of carbonyl (C=O) groups excluding carboxylic acids is 1. The number of non-ortho nitro benzene ring substituents is 1. The van der Waals surface area contributed by atoms with Crippen LogP contribution < -0.4 is 0 Å². The summed E-state index contributed by atoms with van der Waals surface area (Å²) in [6.45, 7) is 2.01. The molecule has 5 heteroatoms. The average molecular weight is 251 g/mol. The first-order valence-electron chi connectivity index (χ1n) is 6.00. The summed E-state index contributed by atoms with van der Waals surface area (Å²) in [5, 5.41) is 20.2. The van der Waals surface area contributed by atoms with Crippen LogP contribution in [0.1, 0.15) is 43.0 Å². The van der Waals surface area contributed by atoms with Gasteiger partial charge < -0.3 is 5.11 Å². The van der Waals surface area contributed by atoms with Crippen LogP contribution in [0.2, 0.25) is 0 Å². The van der Waals surface area contributed by atoms with E-state index >= 15 is 0 Å². The molecule has 1 atom stereocenters. The van der Waals surface area contributed by atoms with E-state index < -0.39 is 11.0 Å². The molecule has 0 saturated carbocycles. The molecule has 1 N–H and O–H groups in total. The van der Waals surface area contributed by atoms with Crippen LogP contribution in [0.4, 0.5) is 5.69 Å². The molecule has 0 radical (unpaired) electrons. The van der Waals surface area contributed by atoms with Crippen LogP contribution in [0.15, 0.2) is 24.3 Å². The minimum absolute atomic E-state index is 0.0150. The monoisotopic (exact) mass is 251 g/mol. The predicted octanol–water partition coefficient (Wildman–Crippen LogP) is 2.72. The number of ketones is 1. The molecule has 18 heavy (non-hydrogen) atoms. The Morgan fingerprint density at radius 3 is 2.83 bits per heavy atom. The Labute approximate surface area is 106 Å². The average Bonchev–Trinajstić information content (AvgIpc) is 2.36. The van der Waals surface area contributed by atoms with Gasteiger partial charge in [0.2, 0.25) is 0 Å². The number of carbonyl (C=O) groups is 1. The molecule has 98 valence electrons. The van der Waals surface area contributed by atoms with Gasteiger partial charge in [-0.15, -0.1) is 0 Å². The molecule has 0 amide bonds. The molecule has 1 aromatic carbocycles.